The number of benzene rings is 2. The smallest absolute Gasteiger partial charge is 0.255 e. The summed E-state index contributed by atoms with van der Waals surface area (Å²) in [6.45, 7) is 1.85. The van der Waals surface area contributed by atoms with Crippen LogP contribution in [0.5, 0.6) is 11.5 Å². The van der Waals surface area contributed by atoms with E-state index in [1.54, 1.807) is 18.2 Å². The van der Waals surface area contributed by atoms with E-state index >= 15 is 0 Å². The highest BCUT2D eigenvalue weighted by Gasteiger charge is 2.18. The van der Waals surface area contributed by atoms with Gasteiger partial charge >= 0.3 is 0 Å². The highest BCUT2D eigenvalue weighted by Crippen LogP contribution is 2.36. The fourth-order valence-electron chi connectivity index (χ4n) is 2.57. The zero-order valence-electron chi connectivity index (χ0n) is 15.2. The Morgan fingerprint density at radius 2 is 1.79 bits per heavy atom. The second-order valence-corrected chi connectivity index (χ2v) is 7.21. The van der Waals surface area contributed by atoms with Crippen LogP contribution in [0, 0.1) is 0 Å². The molecule has 150 valence electrons. The second kappa shape index (κ2) is 9.87. The normalized spacial score (nSPS) is 11.6. The molecule has 0 bridgehead atoms. The van der Waals surface area contributed by atoms with Crippen molar-refractivity contribution in [2.45, 2.75) is 12.8 Å². The molecule has 1 unspecified atom stereocenters. The molecule has 0 saturated heterocycles. The van der Waals surface area contributed by atoms with Crippen LogP contribution in [0.4, 0.5) is 0 Å². The Bertz CT molecular complexity index is 869. The number of nitrogens with one attached hydrogen (secondary N) is 1. The van der Waals surface area contributed by atoms with Crippen LogP contribution in [0.15, 0.2) is 30.3 Å². The molecule has 2 aromatic rings. The lowest BCUT2D eigenvalue weighted by atomic mass is 10.0. The average Bonchev–Trinajstić information content (AvgIpc) is 2.64. The molecule has 2 aromatic carbocycles. The molecule has 0 fully saturated rings. The van der Waals surface area contributed by atoms with E-state index < -0.39 is 5.91 Å². The first-order valence-electron chi connectivity index (χ1n) is 8.25. The Labute approximate surface area is 177 Å². The van der Waals surface area contributed by atoms with Crippen molar-refractivity contribution in [2.75, 3.05) is 20.3 Å². The van der Waals surface area contributed by atoms with Gasteiger partial charge < -0.3 is 20.5 Å². The molecular weight excluding hydrogens is 427 g/mol. The van der Waals surface area contributed by atoms with Crippen molar-refractivity contribution < 1.29 is 19.1 Å². The van der Waals surface area contributed by atoms with Crippen molar-refractivity contribution in [3.8, 4) is 11.5 Å². The summed E-state index contributed by atoms with van der Waals surface area (Å²) in [5.41, 5.74) is 6.10. The number of carbonyl (C=O) groups is 2. The highest BCUT2D eigenvalue weighted by molar-refractivity contribution is 6.36. The van der Waals surface area contributed by atoms with Gasteiger partial charge in [0, 0.05) is 28.1 Å². The SMILES string of the molecule is COc1cc(C(=O)NCC(C)c2c(Cl)cccc2Cl)cc(Cl)c1OCC(N)=O. The van der Waals surface area contributed by atoms with Crippen LogP contribution in [0.3, 0.4) is 0 Å². The molecule has 28 heavy (non-hydrogen) atoms. The Morgan fingerprint density at radius 3 is 2.36 bits per heavy atom. The lowest BCUT2D eigenvalue weighted by molar-refractivity contribution is -0.119. The molecule has 0 heterocycles. The molecule has 0 radical (unpaired) electrons. The van der Waals surface area contributed by atoms with Crippen molar-refractivity contribution in [3.63, 3.8) is 0 Å². The molecule has 0 aliphatic heterocycles. The van der Waals surface area contributed by atoms with Crippen molar-refractivity contribution >= 4 is 46.6 Å². The Morgan fingerprint density at radius 1 is 1.14 bits per heavy atom. The molecule has 0 spiro atoms. The van der Waals surface area contributed by atoms with E-state index in [9.17, 15) is 9.59 Å². The lowest BCUT2D eigenvalue weighted by Gasteiger charge is -2.17. The Balaban J connectivity index is 2.13. The first-order valence-corrected chi connectivity index (χ1v) is 9.38. The summed E-state index contributed by atoms with van der Waals surface area (Å²) in [6, 6.07) is 8.14. The average molecular weight is 446 g/mol. The molecule has 2 amide bonds. The van der Waals surface area contributed by atoms with Gasteiger partial charge in [0.15, 0.2) is 18.1 Å². The van der Waals surface area contributed by atoms with Gasteiger partial charge in [-0.2, -0.15) is 0 Å². The second-order valence-electron chi connectivity index (χ2n) is 5.99. The van der Waals surface area contributed by atoms with Gasteiger partial charge in [-0.1, -0.05) is 47.8 Å². The van der Waals surface area contributed by atoms with Crippen LogP contribution in [0.2, 0.25) is 15.1 Å². The molecule has 1 atom stereocenters. The molecule has 3 N–H and O–H groups in total. The molecule has 2 rings (SSSR count). The van der Waals surface area contributed by atoms with E-state index in [0.29, 0.717) is 16.6 Å². The highest BCUT2D eigenvalue weighted by atomic mass is 35.5. The van der Waals surface area contributed by atoms with E-state index in [1.807, 2.05) is 6.92 Å². The van der Waals surface area contributed by atoms with Gasteiger partial charge in [-0.25, -0.2) is 0 Å². The molecule has 0 aromatic heterocycles. The maximum atomic E-state index is 12.5. The van der Waals surface area contributed by atoms with E-state index in [0.717, 1.165) is 5.56 Å². The molecule has 0 aliphatic rings. The predicted octanol–water partition coefficient (Wildman–Crippen LogP) is 4.05. The summed E-state index contributed by atoms with van der Waals surface area (Å²) in [6.07, 6.45) is 0. The molecular formula is C19H19Cl3N2O4. The van der Waals surface area contributed by atoms with E-state index in [4.69, 9.17) is 50.0 Å². The Kier molecular flexibility index (Phi) is 7.80. The zero-order valence-corrected chi connectivity index (χ0v) is 17.5. The number of halogens is 3. The first-order chi connectivity index (χ1) is 13.2. The first kappa shape index (κ1) is 22.1. The summed E-state index contributed by atoms with van der Waals surface area (Å²) in [5, 5.41) is 4.01. The number of carbonyl (C=O) groups excluding carboxylic acids is 2. The minimum atomic E-state index is -0.660. The molecule has 0 saturated carbocycles. The number of methoxy groups -OCH3 is 1. The van der Waals surface area contributed by atoms with E-state index in [1.165, 1.54) is 19.2 Å². The third-order valence-corrected chi connectivity index (χ3v) is 4.85. The third kappa shape index (κ3) is 5.44. The topological polar surface area (TPSA) is 90.7 Å². The monoisotopic (exact) mass is 444 g/mol. The Hall–Kier alpha value is -2.15. The van der Waals surface area contributed by atoms with Crippen molar-refractivity contribution in [1.29, 1.82) is 0 Å². The van der Waals surface area contributed by atoms with Gasteiger partial charge in [0.2, 0.25) is 0 Å². The summed E-state index contributed by atoms with van der Waals surface area (Å²) < 4.78 is 10.4. The summed E-state index contributed by atoms with van der Waals surface area (Å²) in [4.78, 5) is 23.4. The number of rotatable bonds is 8. The van der Waals surface area contributed by atoms with Gasteiger partial charge in [-0.05, 0) is 29.8 Å². The van der Waals surface area contributed by atoms with Gasteiger partial charge in [-0.15, -0.1) is 0 Å². The van der Waals surface area contributed by atoms with Crippen LogP contribution in [0.25, 0.3) is 0 Å². The van der Waals surface area contributed by atoms with Crippen LogP contribution in [-0.2, 0) is 4.79 Å². The summed E-state index contributed by atoms with van der Waals surface area (Å²) in [5.74, 6) is -0.790. The number of primary amides is 1. The summed E-state index contributed by atoms with van der Waals surface area (Å²) in [7, 11) is 1.39. The minimum Gasteiger partial charge on any atom is -0.493 e. The zero-order chi connectivity index (χ0) is 20.8. The van der Waals surface area contributed by atoms with Crippen molar-refractivity contribution in [2.24, 2.45) is 5.73 Å². The van der Waals surface area contributed by atoms with E-state index in [2.05, 4.69) is 5.32 Å². The fraction of sp³-hybridized carbons (Fsp3) is 0.263. The third-order valence-electron chi connectivity index (χ3n) is 3.91. The largest absolute Gasteiger partial charge is 0.493 e. The summed E-state index contributed by atoms with van der Waals surface area (Å²) >= 11 is 18.6. The van der Waals surface area contributed by atoms with Gasteiger partial charge in [-0.3, -0.25) is 9.59 Å². The number of hydrogen-bond donors (Lipinski definition) is 2. The van der Waals surface area contributed by atoms with Crippen LogP contribution in [-0.4, -0.2) is 32.1 Å². The lowest BCUT2D eigenvalue weighted by Crippen LogP contribution is -2.28. The number of nitrogens with two attached hydrogens (primary N) is 1. The fourth-order valence-corrected chi connectivity index (χ4v) is 3.60. The maximum Gasteiger partial charge on any atom is 0.255 e. The number of amides is 2. The molecule has 9 heteroatoms. The van der Waals surface area contributed by atoms with Crippen LogP contribution >= 0.6 is 34.8 Å². The molecule has 0 aliphatic carbocycles. The van der Waals surface area contributed by atoms with Crippen LogP contribution in [0.1, 0.15) is 28.8 Å². The van der Waals surface area contributed by atoms with Gasteiger partial charge in [0.1, 0.15) is 0 Å². The minimum absolute atomic E-state index is 0.110. The standard InChI is InChI=1S/C19H19Cl3N2O4/c1-10(17-12(20)4-3-5-13(17)21)8-24-19(26)11-6-14(22)18(15(7-11)27-2)28-9-16(23)25/h3-7,10H,8-9H2,1-2H3,(H2,23,25)(H,24,26). The van der Waals surface area contributed by atoms with Gasteiger partial charge in [0.25, 0.3) is 11.8 Å². The quantitative estimate of drug-likeness (QED) is 0.641. The molecule has 6 nitrogen and oxygen atoms in total. The number of hydrogen-bond acceptors (Lipinski definition) is 4. The van der Waals surface area contributed by atoms with Crippen LogP contribution < -0.4 is 20.5 Å². The number of ether oxygens (including phenoxy) is 2. The van der Waals surface area contributed by atoms with Crippen molar-refractivity contribution in [1.82, 2.24) is 5.32 Å². The van der Waals surface area contributed by atoms with E-state index in [-0.39, 0.29) is 40.5 Å². The predicted molar refractivity (Wildman–Crippen MR) is 110 cm³/mol. The maximum absolute atomic E-state index is 12.5. The van der Waals surface area contributed by atoms with Crippen molar-refractivity contribution in [3.05, 3.63) is 56.5 Å². The van der Waals surface area contributed by atoms with Gasteiger partial charge in [0.05, 0.1) is 12.1 Å².